The lowest BCUT2D eigenvalue weighted by atomic mass is 10.2. The van der Waals surface area contributed by atoms with Crippen LogP contribution >= 0.6 is 0 Å². The second-order valence-corrected chi connectivity index (χ2v) is 3.25. The van der Waals surface area contributed by atoms with Gasteiger partial charge in [0.25, 0.3) is 0 Å². The third-order valence-electron chi connectivity index (χ3n) is 2.13. The Morgan fingerprint density at radius 2 is 2.09 bits per heavy atom. The Bertz CT molecular complexity index is 107. The molecule has 3 nitrogen and oxygen atoms in total. The number of nitrogens with two attached hydrogens (primary N) is 1. The third kappa shape index (κ3) is 2.43. The summed E-state index contributed by atoms with van der Waals surface area (Å²) in [6.45, 7) is 4.82. The Balaban J connectivity index is 2.37. The minimum Gasteiger partial charge on any atom is -0.371 e. The number of likely N-dealkylation sites (N-methyl/N-ethyl adjacent to an activating group) is 1. The summed E-state index contributed by atoms with van der Waals surface area (Å²) >= 11 is 0. The van der Waals surface area contributed by atoms with E-state index in [2.05, 4.69) is 18.9 Å². The SMILES string of the molecule is CCC1CN(C)CC(CN)O1. The van der Waals surface area contributed by atoms with E-state index in [1.165, 1.54) is 0 Å². The first-order chi connectivity index (χ1) is 5.26. The minimum absolute atomic E-state index is 0.249. The first kappa shape index (κ1) is 8.97. The average Bonchev–Trinajstić information content (AvgIpc) is 2.03. The molecule has 2 atom stereocenters. The summed E-state index contributed by atoms with van der Waals surface area (Å²) in [5, 5.41) is 0. The molecule has 0 spiro atoms. The van der Waals surface area contributed by atoms with Crippen LogP contribution in [0.5, 0.6) is 0 Å². The summed E-state index contributed by atoms with van der Waals surface area (Å²) in [4.78, 5) is 2.29. The van der Waals surface area contributed by atoms with Crippen LogP contribution in [0.15, 0.2) is 0 Å². The standard InChI is InChI=1S/C8H18N2O/c1-3-7-5-10(2)6-8(4-9)11-7/h7-8H,3-6,9H2,1-2H3. The van der Waals surface area contributed by atoms with E-state index in [4.69, 9.17) is 10.5 Å². The predicted molar refractivity (Wildman–Crippen MR) is 45.5 cm³/mol. The molecule has 0 aromatic heterocycles. The van der Waals surface area contributed by atoms with Gasteiger partial charge in [-0.1, -0.05) is 6.92 Å². The normalized spacial score (nSPS) is 34.1. The molecular formula is C8H18N2O. The van der Waals surface area contributed by atoms with E-state index in [1.807, 2.05) is 0 Å². The molecule has 0 aromatic rings. The molecule has 2 N–H and O–H groups in total. The molecule has 0 radical (unpaired) electrons. The van der Waals surface area contributed by atoms with Gasteiger partial charge in [0.05, 0.1) is 12.2 Å². The largest absolute Gasteiger partial charge is 0.371 e. The molecule has 66 valence electrons. The summed E-state index contributed by atoms with van der Waals surface area (Å²) in [5.41, 5.74) is 5.53. The van der Waals surface area contributed by atoms with Gasteiger partial charge in [0, 0.05) is 19.6 Å². The van der Waals surface area contributed by atoms with Crippen molar-refractivity contribution in [1.29, 1.82) is 0 Å². The highest BCUT2D eigenvalue weighted by molar-refractivity contribution is 4.75. The van der Waals surface area contributed by atoms with E-state index in [-0.39, 0.29) is 6.10 Å². The molecule has 0 bridgehead atoms. The topological polar surface area (TPSA) is 38.5 Å². The molecule has 1 heterocycles. The van der Waals surface area contributed by atoms with Gasteiger partial charge in [0.2, 0.25) is 0 Å². The van der Waals surface area contributed by atoms with Crippen molar-refractivity contribution < 1.29 is 4.74 Å². The van der Waals surface area contributed by atoms with Gasteiger partial charge in [-0.3, -0.25) is 0 Å². The van der Waals surface area contributed by atoms with E-state index >= 15 is 0 Å². The van der Waals surface area contributed by atoms with Crippen LogP contribution in [0.25, 0.3) is 0 Å². The Kier molecular flexibility index (Phi) is 3.30. The molecule has 2 unspecified atom stereocenters. The van der Waals surface area contributed by atoms with Gasteiger partial charge in [-0.15, -0.1) is 0 Å². The molecule has 1 aliphatic rings. The van der Waals surface area contributed by atoms with Gasteiger partial charge in [-0.2, -0.15) is 0 Å². The van der Waals surface area contributed by atoms with Crippen molar-refractivity contribution in [3.8, 4) is 0 Å². The molecule has 3 heteroatoms. The number of hydrogen-bond donors (Lipinski definition) is 1. The number of hydrogen-bond acceptors (Lipinski definition) is 3. The van der Waals surface area contributed by atoms with Crippen LogP contribution < -0.4 is 5.73 Å². The number of nitrogens with zero attached hydrogens (tertiary/aromatic N) is 1. The number of ether oxygens (including phenoxy) is 1. The van der Waals surface area contributed by atoms with Crippen LogP contribution in [0.1, 0.15) is 13.3 Å². The summed E-state index contributed by atoms with van der Waals surface area (Å²) in [5.74, 6) is 0. The maximum Gasteiger partial charge on any atom is 0.0828 e. The van der Waals surface area contributed by atoms with Crippen LogP contribution in [0, 0.1) is 0 Å². The van der Waals surface area contributed by atoms with Crippen LogP contribution in [0.3, 0.4) is 0 Å². The van der Waals surface area contributed by atoms with Crippen molar-refractivity contribution in [2.45, 2.75) is 25.6 Å². The van der Waals surface area contributed by atoms with Crippen molar-refractivity contribution in [2.24, 2.45) is 5.73 Å². The summed E-state index contributed by atoms with van der Waals surface area (Å²) in [7, 11) is 2.12. The average molecular weight is 158 g/mol. The van der Waals surface area contributed by atoms with Crippen LogP contribution in [0.2, 0.25) is 0 Å². The van der Waals surface area contributed by atoms with Crippen molar-refractivity contribution in [3.63, 3.8) is 0 Å². The molecule has 0 aliphatic carbocycles. The quantitative estimate of drug-likeness (QED) is 0.617. The Labute approximate surface area is 68.5 Å². The molecule has 1 rings (SSSR count). The van der Waals surface area contributed by atoms with Gasteiger partial charge < -0.3 is 15.4 Å². The fraction of sp³-hybridized carbons (Fsp3) is 1.00. The second-order valence-electron chi connectivity index (χ2n) is 3.25. The lowest BCUT2D eigenvalue weighted by Gasteiger charge is -2.35. The van der Waals surface area contributed by atoms with Crippen LogP contribution in [-0.4, -0.2) is 43.8 Å². The predicted octanol–water partition coefficient (Wildman–Crippen LogP) is 0.0543. The first-order valence-corrected chi connectivity index (χ1v) is 4.30. The molecule has 1 saturated heterocycles. The number of rotatable bonds is 2. The lowest BCUT2D eigenvalue weighted by molar-refractivity contribution is -0.0743. The lowest BCUT2D eigenvalue weighted by Crippen LogP contribution is -2.48. The monoisotopic (exact) mass is 158 g/mol. The smallest absolute Gasteiger partial charge is 0.0828 e. The molecule has 0 aromatic carbocycles. The summed E-state index contributed by atoms with van der Waals surface area (Å²) in [6, 6.07) is 0. The summed E-state index contributed by atoms with van der Waals surface area (Å²) < 4.78 is 5.69. The van der Waals surface area contributed by atoms with Gasteiger partial charge in [0.1, 0.15) is 0 Å². The zero-order chi connectivity index (χ0) is 8.27. The summed E-state index contributed by atoms with van der Waals surface area (Å²) in [6.07, 6.45) is 1.72. The molecule has 11 heavy (non-hydrogen) atoms. The van der Waals surface area contributed by atoms with E-state index in [0.29, 0.717) is 12.6 Å². The first-order valence-electron chi connectivity index (χ1n) is 4.30. The van der Waals surface area contributed by atoms with Crippen molar-refractivity contribution in [3.05, 3.63) is 0 Å². The van der Waals surface area contributed by atoms with E-state index < -0.39 is 0 Å². The zero-order valence-electron chi connectivity index (χ0n) is 7.42. The fourth-order valence-electron chi connectivity index (χ4n) is 1.48. The van der Waals surface area contributed by atoms with Gasteiger partial charge >= 0.3 is 0 Å². The maximum atomic E-state index is 5.69. The van der Waals surface area contributed by atoms with E-state index in [1.54, 1.807) is 0 Å². The molecule has 1 fully saturated rings. The van der Waals surface area contributed by atoms with E-state index in [0.717, 1.165) is 19.5 Å². The Morgan fingerprint density at radius 1 is 1.45 bits per heavy atom. The molecule has 0 amide bonds. The van der Waals surface area contributed by atoms with Crippen molar-refractivity contribution in [1.82, 2.24) is 4.90 Å². The highest BCUT2D eigenvalue weighted by atomic mass is 16.5. The molecule has 0 saturated carbocycles. The number of morpholine rings is 1. The van der Waals surface area contributed by atoms with E-state index in [9.17, 15) is 0 Å². The minimum atomic E-state index is 0.249. The van der Waals surface area contributed by atoms with Gasteiger partial charge in [-0.25, -0.2) is 0 Å². The Morgan fingerprint density at radius 3 is 2.64 bits per heavy atom. The third-order valence-corrected chi connectivity index (χ3v) is 2.13. The second kappa shape index (κ2) is 4.04. The van der Waals surface area contributed by atoms with Crippen molar-refractivity contribution >= 4 is 0 Å². The van der Waals surface area contributed by atoms with Crippen LogP contribution in [-0.2, 0) is 4.74 Å². The fourth-order valence-corrected chi connectivity index (χ4v) is 1.48. The highest BCUT2D eigenvalue weighted by Gasteiger charge is 2.22. The molecular weight excluding hydrogens is 140 g/mol. The highest BCUT2D eigenvalue weighted by Crippen LogP contribution is 2.10. The zero-order valence-corrected chi connectivity index (χ0v) is 7.42. The van der Waals surface area contributed by atoms with Crippen molar-refractivity contribution in [2.75, 3.05) is 26.7 Å². The maximum absolute atomic E-state index is 5.69. The van der Waals surface area contributed by atoms with Gasteiger partial charge in [-0.05, 0) is 13.5 Å². The molecule has 1 aliphatic heterocycles. The van der Waals surface area contributed by atoms with Gasteiger partial charge in [0.15, 0.2) is 0 Å². The van der Waals surface area contributed by atoms with Crippen LogP contribution in [0.4, 0.5) is 0 Å². The Hall–Kier alpha value is -0.120.